The summed E-state index contributed by atoms with van der Waals surface area (Å²) in [5.41, 5.74) is 10.4. The van der Waals surface area contributed by atoms with Gasteiger partial charge in [-0.3, -0.25) is 15.3 Å². The van der Waals surface area contributed by atoms with Crippen molar-refractivity contribution in [3.8, 4) is 0 Å². The van der Waals surface area contributed by atoms with Crippen LogP contribution in [0, 0.1) is 5.92 Å². The van der Waals surface area contributed by atoms with Gasteiger partial charge in [-0.1, -0.05) is 13.8 Å². The smallest absolute Gasteiger partial charge is 0.444 e. The Morgan fingerprint density at radius 1 is 1.26 bits per heavy atom. The van der Waals surface area contributed by atoms with Crippen LogP contribution in [0.3, 0.4) is 0 Å². The van der Waals surface area contributed by atoms with Crippen LogP contribution in [0.5, 0.6) is 0 Å². The fraction of sp³-hybridized carbons (Fsp3) is 0.769. The van der Waals surface area contributed by atoms with Gasteiger partial charge in [-0.25, -0.2) is 4.79 Å². The summed E-state index contributed by atoms with van der Waals surface area (Å²) in [4.78, 5) is 45.2. The first-order valence-corrected chi connectivity index (χ1v) is 8.19. The first kappa shape index (κ1) is 21.6. The van der Waals surface area contributed by atoms with Crippen LogP contribution < -0.4 is 16.8 Å². The molecule has 0 aliphatic rings. The summed E-state index contributed by atoms with van der Waals surface area (Å²) >= 11 is 0. The van der Waals surface area contributed by atoms with Crippen LogP contribution in [0.4, 0.5) is 4.79 Å². The minimum Gasteiger partial charge on any atom is -0.444 e. The molecule has 0 heterocycles. The Kier molecular flexibility index (Phi) is 7.43. The average Bonchev–Trinajstić information content (AvgIpc) is 2.39. The number of rotatable bonds is 7. The van der Waals surface area contributed by atoms with Crippen LogP contribution in [0.1, 0.15) is 34.6 Å². The Balaban J connectivity index is 5.11. The Labute approximate surface area is 136 Å². The number of hydrogen-bond donors (Lipinski definition) is 4. The fourth-order valence-electron chi connectivity index (χ4n) is 1.50. The van der Waals surface area contributed by atoms with E-state index >= 15 is 0 Å². The third-order valence-electron chi connectivity index (χ3n) is 2.92. The average molecular weight is 350 g/mol. The van der Waals surface area contributed by atoms with Crippen molar-refractivity contribution in [1.29, 1.82) is 0 Å². The molecule has 9 nitrogen and oxygen atoms in total. The number of ether oxygens (including phenoxy) is 1. The van der Waals surface area contributed by atoms with E-state index in [-0.39, 0.29) is 5.92 Å². The van der Waals surface area contributed by atoms with E-state index in [4.69, 9.17) is 16.2 Å². The number of hydrogen-bond acceptors (Lipinski definition) is 7. The standard InChI is InChI=1S/C13H24N3O6P/c1-7(2)9(14)10(18)13(15,23(20)21)8(17)6-16-11(19)22-12(3,4)5/h7,9H,6,14-15H2,1-5H3,(H-,16,19,20,21)/p+1/t9-,13?/m0/s1. The van der Waals surface area contributed by atoms with E-state index in [1.165, 1.54) is 0 Å². The van der Waals surface area contributed by atoms with Crippen LogP contribution in [-0.2, 0) is 18.9 Å². The first-order chi connectivity index (χ1) is 10.2. The molecule has 0 bridgehead atoms. The van der Waals surface area contributed by atoms with E-state index in [0.717, 1.165) is 0 Å². The first-order valence-electron chi connectivity index (χ1n) is 6.98. The lowest BCUT2D eigenvalue weighted by Crippen LogP contribution is -2.61. The van der Waals surface area contributed by atoms with E-state index in [9.17, 15) is 23.8 Å². The summed E-state index contributed by atoms with van der Waals surface area (Å²) in [6.07, 6.45) is -0.915. The largest absolute Gasteiger partial charge is 0.544 e. The van der Waals surface area contributed by atoms with Crippen LogP contribution in [0.15, 0.2) is 0 Å². The SMILES string of the molecule is CC(C)[C@H](N)C(=O)C(N)(C(=O)CNC(=O)OC(C)(C)C)[P+](=O)O. The van der Waals surface area contributed by atoms with Crippen molar-refractivity contribution in [2.45, 2.75) is 51.5 Å². The van der Waals surface area contributed by atoms with Gasteiger partial charge in [0.1, 0.15) is 5.60 Å². The van der Waals surface area contributed by atoms with Gasteiger partial charge in [0.2, 0.25) is 11.6 Å². The number of amides is 1. The van der Waals surface area contributed by atoms with E-state index in [0.29, 0.717) is 0 Å². The molecule has 0 saturated carbocycles. The van der Waals surface area contributed by atoms with Gasteiger partial charge < -0.3 is 15.8 Å². The highest BCUT2D eigenvalue weighted by Gasteiger charge is 2.60. The van der Waals surface area contributed by atoms with Crippen molar-refractivity contribution in [2.24, 2.45) is 17.4 Å². The van der Waals surface area contributed by atoms with Gasteiger partial charge in [-0.15, -0.1) is 0 Å². The molecule has 0 aromatic rings. The zero-order valence-electron chi connectivity index (χ0n) is 14.0. The lowest BCUT2D eigenvalue weighted by atomic mass is 9.94. The third kappa shape index (κ3) is 5.95. The molecular formula is C13H25N3O6P+. The lowest BCUT2D eigenvalue weighted by molar-refractivity contribution is -0.131. The number of nitrogens with two attached hydrogens (primary N) is 2. The lowest BCUT2D eigenvalue weighted by Gasteiger charge is -2.22. The highest BCUT2D eigenvalue weighted by molar-refractivity contribution is 7.43. The van der Waals surface area contributed by atoms with Gasteiger partial charge >= 0.3 is 19.4 Å². The molecular weight excluding hydrogens is 325 g/mol. The van der Waals surface area contributed by atoms with Crippen LogP contribution in [-0.4, -0.2) is 46.0 Å². The molecule has 0 rings (SSSR count). The van der Waals surface area contributed by atoms with Crippen molar-refractivity contribution in [3.05, 3.63) is 0 Å². The predicted molar refractivity (Wildman–Crippen MR) is 83.8 cm³/mol. The maximum Gasteiger partial charge on any atom is 0.544 e. The molecule has 0 saturated heterocycles. The molecule has 2 unspecified atom stereocenters. The second-order valence-electron chi connectivity index (χ2n) is 6.45. The Morgan fingerprint density at radius 3 is 2.09 bits per heavy atom. The van der Waals surface area contributed by atoms with Crippen molar-refractivity contribution in [2.75, 3.05) is 6.54 Å². The molecule has 0 aromatic heterocycles. The fourth-order valence-corrected chi connectivity index (χ4v) is 2.13. The second-order valence-corrected chi connectivity index (χ2v) is 7.70. The number of nitrogens with one attached hydrogen (secondary N) is 1. The van der Waals surface area contributed by atoms with Gasteiger partial charge in [0.05, 0.1) is 12.6 Å². The number of Topliss-reactive ketones (excluding diaryl/α,β-unsaturated/α-hetero) is 2. The minimum absolute atomic E-state index is 0.382. The number of carbonyl (C=O) groups is 3. The molecule has 10 heteroatoms. The molecule has 6 N–H and O–H groups in total. The van der Waals surface area contributed by atoms with Crippen molar-refractivity contribution >= 4 is 25.7 Å². The molecule has 0 fully saturated rings. The Morgan fingerprint density at radius 2 is 1.74 bits per heavy atom. The molecule has 0 spiro atoms. The number of alkyl carbamates (subject to hydrolysis) is 1. The number of ketones is 2. The summed E-state index contributed by atoms with van der Waals surface area (Å²) in [5, 5.41) is -0.573. The molecule has 0 aliphatic heterocycles. The van der Waals surface area contributed by atoms with Crippen molar-refractivity contribution < 1.29 is 28.6 Å². The van der Waals surface area contributed by atoms with Gasteiger partial charge in [0.25, 0.3) is 0 Å². The summed E-state index contributed by atoms with van der Waals surface area (Å²) in [6, 6.07) is -1.18. The highest BCUT2D eigenvalue weighted by atomic mass is 31.1. The molecule has 0 aliphatic carbocycles. The Bertz CT molecular complexity index is 502. The molecule has 0 radical (unpaired) electrons. The summed E-state index contributed by atoms with van der Waals surface area (Å²) in [6.45, 7) is 7.35. The van der Waals surface area contributed by atoms with Gasteiger partial charge in [0.15, 0.2) is 0 Å². The van der Waals surface area contributed by atoms with Gasteiger partial charge in [-0.2, -0.15) is 4.89 Å². The zero-order valence-corrected chi connectivity index (χ0v) is 14.8. The normalized spacial score (nSPS) is 16.3. The van der Waals surface area contributed by atoms with E-state index in [2.05, 4.69) is 5.32 Å². The maximum absolute atomic E-state index is 12.2. The molecule has 132 valence electrons. The highest BCUT2D eigenvalue weighted by Crippen LogP contribution is 2.33. The van der Waals surface area contributed by atoms with E-state index < -0.39 is 49.2 Å². The quantitative estimate of drug-likeness (QED) is 0.369. The topological polar surface area (TPSA) is 162 Å². The monoisotopic (exact) mass is 350 g/mol. The van der Waals surface area contributed by atoms with Crippen LogP contribution in [0.25, 0.3) is 0 Å². The zero-order chi connectivity index (χ0) is 18.6. The molecule has 1 amide bonds. The van der Waals surface area contributed by atoms with Crippen molar-refractivity contribution in [1.82, 2.24) is 5.32 Å². The van der Waals surface area contributed by atoms with E-state index in [1.807, 2.05) is 0 Å². The summed E-state index contributed by atoms with van der Waals surface area (Å²) in [5.74, 6) is -2.55. The molecule has 0 aromatic carbocycles. The minimum atomic E-state index is -3.38. The van der Waals surface area contributed by atoms with Crippen molar-refractivity contribution in [3.63, 3.8) is 0 Å². The predicted octanol–water partition coefficient (Wildman–Crippen LogP) is 0.0223. The van der Waals surface area contributed by atoms with Crippen LogP contribution >= 0.6 is 8.03 Å². The second kappa shape index (κ2) is 7.92. The van der Waals surface area contributed by atoms with Gasteiger partial charge in [-0.05, 0) is 31.3 Å². The Hall–Kier alpha value is -1.41. The van der Waals surface area contributed by atoms with Crippen LogP contribution in [0.2, 0.25) is 0 Å². The van der Waals surface area contributed by atoms with Gasteiger partial charge in [0, 0.05) is 0 Å². The number of carbonyl (C=O) groups excluding carboxylic acids is 3. The third-order valence-corrected chi connectivity index (χ3v) is 3.99. The summed E-state index contributed by atoms with van der Waals surface area (Å²) < 4.78 is 16.4. The van der Waals surface area contributed by atoms with E-state index in [1.54, 1.807) is 34.6 Å². The molecule has 23 heavy (non-hydrogen) atoms. The molecule has 3 atom stereocenters. The maximum atomic E-state index is 12.2. The summed E-state index contributed by atoms with van der Waals surface area (Å²) in [7, 11) is -3.38.